The highest BCUT2D eigenvalue weighted by atomic mass is 32.1. The monoisotopic (exact) mass is 222 g/mol. The Bertz CT molecular complexity index is 383. The Balaban J connectivity index is 3.32. The van der Waals surface area contributed by atoms with Gasteiger partial charge in [-0.2, -0.15) is 0 Å². The zero-order valence-corrected chi connectivity index (χ0v) is 9.20. The van der Waals surface area contributed by atoms with Crippen molar-refractivity contribution < 1.29 is 5.11 Å². The molecule has 1 rings (SSSR count). The maximum absolute atomic E-state index is 9.75. The van der Waals surface area contributed by atoms with Crippen LogP contribution < -0.4 is 0 Å². The van der Waals surface area contributed by atoms with Crippen LogP contribution in [0.15, 0.2) is 24.8 Å². The molecule has 1 aromatic carbocycles. The van der Waals surface area contributed by atoms with Crippen LogP contribution in [0, 0.1) is 0 Å². The number of aromatic hydroxyl groups is 1. The maximum Gasteiger partial charge on any atom is 0.127 e. The molecule has 1 aromatic rings. The second kappa shape index (κ2) is 4.98. The smallest absolute Gasteiger partial charge is 0.127 e. The number of benzene rings is 1. The lowest BCUT2D eigenvalue weighted by Gasteiger charge is -2.06. The Hall–Kier alpha value is -1.06. The number of hydrogen-bond donors (Lipinski definition) is 1. The molecule has 0 unspecified atom stereocenters. The molecule has 0 saturated heterocycles. The topological polar surface area (TPSA) is 20.2 Å². The minimum atomic E-state index is 0.223. The van der Waals surface area contributed by atoms with Gasteiger partial charge in [-0.1, -0.05) is 30.5 Å². The summed E-state index contributed by atoms with van der Waals surface area (Å²) >= 11 is 9.63. The number of thiocarbonyl (C=S) groups is 2. The summed E-state index contributed by atoms with van der Waals surface area (Å²) in [5.41, 5.74) is 2.32. The molecule has 0 spiro atoms. The summed E-state index contributed by atoms with van der Waals surface area (Å²) in [5.74, 6) is 0.223. The summed E-state index contributed by atoms with van der Waals surface area (Å²) in [6.45, 7) is 3.62. The number of allylic oxidation sites excluding steroid dienone is 1. The molecule has 0 atom stereocenters. The van der Waals surface area contributed by atoms with Gasteiger partial charge < -0.3 is 5.11 Å². The first-order valence-corrected chi connectivity index (χ1v) is 5.04. The van der Waals surface area contributed by atoms with E-state index in [1.165, 1.54) is 5.37 Å². The first-order valence-electron chi connectivity index (χ1n) is 4.10. The molecule has 0 aliphatic carbocycles. The van der Waals surface area contributed by atoms with Crippen molar-refractivity contribution in [3.63, 3.8) is 0 Å². The van der Waals surface area contributed by atoms with Crippen molar-refractivity contribution in [2.24, 2.45) is 0 Å². The average molecular weight is 222 g/mol. The Labute approximate surface area is 94.1 Å². The molecule has 3 heteroatoms. The normalized spacial score (nSPS) is 9.43. The molecule has 0 radical (unpaired) electrons. The molecular formula is C11H10OS2. The van der Waals surface area contributed by atoms with Crippen molar-refractivity contribution in [1.82, 2.24) is 0 Å². The molecule has 0 bridgehead atoms. The van der Waals surface area contributed by atoms with Crippen LogP contribution in [0.5, 0.6) is 5.75 Å². The number of phenolic OH excluding ortho intramolecular Hbond substituents is 1. The fourth-order valence-electron chi connectivity index (χ4n) is 1.21. The van der Waals surface area contributed by atoms with E-state index in [4.69, 9.17) is 24.4 Å². The van der Waals surface area contributed by atoms with E-state index in [-0.39, 0.29) is 5.75 Å². The van der Waals surface area contributed by atoms with Gasteiger partial charge in [0.1, 0.15) is 5.75 Å². The van der Waals surface area contributed by atoms with Gasteiger partial charge in [-0.15, -0.1) is 6.58 Å². The second-order valence-electron chi connectivity index (χ2n) is 2.85. The molecule has 72 valence electrons. The summed E-state index contributed by atoms with van der Waals surface area (Å²) in [7, 11) is 0. The first kappa shape index (κ1) is 11.0. The fourth-order valence-corrected chi connectivity index (χ4v) is 1.53. The predicted molar refractivity (Wildman–Crippen MR) is 67.5 cm³/mol. The van der Waals surface area contributed by atoms with E-state index >= 15 is 0 Å². The molecule has 0 aliphatic rings. The molecule has 14 heavy (non-hydrogen) atoms. The van der Waals surface area contributed by atoms with Crippen molar-refractivity contribution >= 4 is 35.2 Å². The minimum Gasteiger partial charge on any atom is -0.507 e. The SMILES string of the molecule is C=CCc1cc(C=S)cc(C=S)c1O. The standard InChI is InChI=1S/C11H10OS2/c1-2-3-9-4-8(6-13)5-10(7-14)11(9)12/h2,4-7,12H,1,3H2. The van der Waals surface area contributed by atoms with Gasteiger partial charge in [0.05, 0.1) is 0 Å². The quantitative estimate of drug-likeness (QED) is 0.625. The van der Waals surface area contributed by atoms with E-state index in [0.717, 1.165) is 11.1 Å². The molecule has 0 fully saturated rings. The summed E-state index contributed by atoms with van der Waals surface area (Å²) in [5, 5.41) is 12.8. The van der Waals surface area contributed by atoms with Gasteiger partial charge in [0.15, 0.2) is 0 Å². The van der Waals surface area contributed by atoms with Crippen LogP contribution in [0.1, 0.15) is 16.7 Å². The summed E-state index contributed by atoms with van der Waals surface area (Å²) < 4.78 is 0. The lowest BCUT2D eigenvalue weighted by molar-refractivity contribution is 0.469. The van der Waals surface area contributed by atoms with Crippen molar-refractivity contribution in [1.29, 1.82) is 0 Å². The third-order valence-electron chi connectivity index (χ3n) is 1.87. The highest BCUT2D eigenvalue weighted by Gasteiger charge is 2.05. The van der Waals surface area contributed by atoms with Crippen LogP contribution in [0.2, 0.25) is 0 Å². The van der Waals surface area contributed by atoms with Crippen molar-refractivity contribution in [2.75, 3.05) is 0 Å². The van der Waals surface area contributed by atoms with Crippen LogP contribution >= 0.6 is 24.4 Å². The van der Waals surface area contributed by atoms with E-state index in [1.807, 2.05) is 6.07 Å². The summed E-state index contributed by atoms with van der Waals surface area (Å²) in [4.78, 5) is 0. The summed E-state index contributed by atoms with van der Waals surface area (Å²) in [6.07, 6.45) is 2.34. The van der Waals surface area contributed by atoms with E-state index in [0.29, 0.717) is 12.0 Å². The lowest BCUT2D eigenvalue weighted by Crippen LogP contribution is -1.92. The first-order chi connectivity index (χ1) is 6.72. The van der Waals surface area contributed by atoms with Crippen LogP contribution in [-0.2, 0) is 6.42 Å². The highest BCUT2D eigenvalue weighted by molar-refractivity contribution is 7.79. The number of phenols is 1. The fraction of sp³-hybridized carbons (Fsp3) is 0.0909. The van der Waals surface area contributed by atoms with Gasteiger partial charge in [0, 0.05) is 16.3 Å². The average Bonchev–Trinajstić information content (AvgIpc) is 2.21. The Morgan fingerprint density at radius 2 is 2.00 bits per heavy atom. The van der Waals surface area contributed by atoms with Gasteiger partial charge in [-0.25, -0.2) is 0 Å². The van der Waals surface area contributed by atoms with Gasteiger partial charge in [0.25, 0.3) is 0 Å². The van der Waals surface area contributed by atoms with E-state index < -0.39 is 0 Å². The van der Waals surface area contributed by atoms with Gasteiger partial charge in [-0.3, -0.25) is 0 Å². The van der Waals surface area contributed by atoms with E-state index in [9.17, 15) is 5.11 Å². The molecule has 0 aliphatic heterocycles. The molecule has 0 aromatic heterocycles. The van der Waals surface area contributed by atoms with E-state index in [2.05, 4.69) is 6.58 Å². The molecule has 0 saturated carbocycles. The van der Waals surface area contributed by atoms with Crippen molar-refractivity contribution in [3.05, 3.63) is 41.5 Å². The Kier molecular flexibility index (Phi) is 3.92. The predicted octanol–water partition coefficient (Wildman–Crippen LogP) is 2.82. The van der Waals surface area contributed by atoms with Gasteiger partial charge in [-0.05, 0) is 29.7 Å². The Morgan fingerprint density at radius 1 is 1.29 bits per heavy atom. The number of hydrogen-bond acceptors (Lipinski definition) is 3. The molecule has 1 nitrogen and oxygen atoms in total. The van der Waals surface area contributed by atoms with Crippen LogP contribution in [0.4, 0.5) is 0 Å². The van der Waals surface area contributed by atoms with Crippen molar-refractivity contribution in [2.45, 2.75) is 6.42 Å². The van der Waals surface area contributed by atoms with Crippen LogP contribution in [0.3, 0.4) is 0 Å². The number of rotatable bonds is 4. The van der Waals surface area contributed by atoms with Crippen LogP contribution in [-0.4, -0.2) is 15.8 Å². The third kappa shape index (κ3) is 2.25. The van der Waals surface area contributed by atoms with Crippen molar-refractivity contribution in [3.8, 4) is 5.75 Å². The molecule has 1 N–H and O–H groups in total. The summed E-state index contributed by atoms with van der Waals surface area (Å²) in [6, 6.07) is 3.61. The highest BCUT2D eigenvalue weighted by Crippen LogP contribution is 2.23. The van der Waals surface area contributed by atoms with Gasteiger partial charge in [0.2, 0.25) is 0 Å². The molecule has 0 heterocycles. The maximum atomic E-state index is 9.75. The zero-order valence-electron chi connectivity index (χ0n) is 7.56. The molecule has 0 amide bonds. The lowest BCUT2D eigenvalue weighted by atomic mass is 10.0. The second-order valence-corrected chi connectivity index (χ2v) is 3.32. The minimum absolute atomic E-state index is 0.223. The van der Waals surface area contributed by atoms with E-state index in [1.54, 1.807) is 17.5 Å². The Morgan fingerprint density at radius 3 is 2.50 bits per heavy atom. The largest absolute Gasteiger partial charge is 0.507 e. The zero-order chi connectivity index (χ0) is 10.6. The van der Waals surface area contributed by atoms with Crippen LogP contribution in [0.25, 0.3) is 0 Å². The molecular weight excluding hydrogens is 212 g/mol. The third-order valence-corrected chi connectivity index (χ3v) is 2.39. The van der Waals surface area contributed by atoms with Gasteiger partial charge >= 0.3 is 0 Å².